The van der Waals surface area contributed by atoms with Crippen molar-refractivity contribution < 1.29 is 32.3 Å². The maximum atomic E-state index is 13.6. The van der Waals surface area contributed by atoms with Gasteiger partial charge in [0, 0.05) is 17.2 Å². The van der Waals surface area contributed by atoms with E-state index in [1.807, 2.05) is 0 Å². The number of hydrogen-bond donors (Lipinski definition) is 1. The van der Waals surface area contributed by atoms with E-state index in [1.165, 1.54) is 38.2 Å². The van der Waals surface area contributed by atoms with Crippen LogP contribution in [0.15, 0.2) is 48.0 Å². The molecule has 1 heterocycles. The second-order valence-electron chi connectivity index (χ2n) is 6.82. The quantitative estimate of drug-likeness (QED) is 0.478. The van der Waals surface area contributed by atoms with Crippen LogP contribution in [0.3, 0.4) is 0 Å². The predicted molar refractivity (Wildman–Crippen MR) is 94.5 cm³/mol. The first kappa shape index (κ1) is 19.8. The summed E-state index contributed by atoms with van der Waals surface area (Å²) in [6, 6.07) is 8.18. The summed E-state index contributed by atoms with van der Waals surface area (Å²) in [5, 5.41) is 9.50. The maximum Gasteiger partial charge on any atom is 0.416 e. The van der Waals surface area contributed by atoms with Gasteiger partial charge in [-0.15, -0.1) is 0 Å². The van der Waals surface area contributed by atoms with Crippen molar-refractivity contribution in [3.63, 3.8) is 0 Å². The van der Waals surface area contributed by atoms with Crippen LogP contribution in [0.4, 0.5) is 23.2 Å². The van der Waals surface area contributed by atoms with Crippen molar-refractivity contribution in [2.75, 3.05) is 7.05 Å². The molecule has 1 aliphatic rings. The summed E-state index contributed by atoms with van der Waals surface area (Å²) >= 11 is 0. The lowest BCUT2D eigenvalue weighted by Gasteiger charge is -2.36. The number of carbonyl (C=O) groups excluding carboxylic acids is 1. The third-order valence-electron chi connectivity index (χ3n) is 4.90. The van der Waals surface area contributed by atoms with Gasteiger partial charge in [0.1, 0.15) is 18.0 Å². The summed E-state index contributed by atoms with van der Waals surface area (Å²) in [6.07, 6.45) is -4.63. The molecule has 1 N–H and O–H groups in total. The van der Waals surface area contributed by atoms with Crippen molar-refractivity contribution in [1.29, 1.82) is 0 Å². The van der Waals surface area contributed by atoms with Gasteiger partial charge in [-0.3, -0.25) is 0 Å². The number of amides is 1. The normalized spacial score (nSPS) is 19.6. The Morgan fingerprint density at radius 2 is 1.82 bits per heavy atom. The number of carbonyl (C=O) groups is 2. The number of halogens is 4. The van der Waals surface area contributed by atoms with Gasteiger partial charge in [-0.05, 0) is 36.8 Å². The monoisotopic (exact) mass is 394 g/mol. The van der Waals surface area contributed by atoms with E-state index >= 15 is 0 Å². The van der Waals surface area contributed by atoms with Gasteiger partial charge < -0.3 is 5.11 Å². The summed E-state index contributed by atoms with van der Waals surface area (Å²) in [4.78, 5) is 24.7. The minimum Gasteiger partial charge on any atom is -0.477 e. The minimum atomic E-state index is -4.63. The van der Waals surface area contributed by atoms with Crippen LogP contribution in [0, 0.1) is 5.82 Å². The molecule has 28 heavy (non-hydrogen) atoms. The van der Waals surface area contributed by atoms with Crippen molar-refractivity contribution in [1.82, 2.24) is 4.48 Å². The highest BCUT2D eigenvalue weighted by atomic mass is 19.4. The van der Waals surface area contributed by atoms with E-state index in [-0.39, 0.29) is 23.4 Å². The summed E-state index contributed by atoms with van der Waals surface area (Å²) < 4.78 is 52.6. The molecule has 146 valence electrons. The average molecular weight is 394 g/mol. The van der Waals surface area contributed by atoms with E-state index in [2.05, 4.69) is 0 Å². The summed E-state index contributed by atoms with van der Waals surface area (Å²) in [5.41, 5.74) is -0.740. The maximum absolute atomic E-state index is 13.6. The number of aliphatic carboxylic acids is 1. The molecule has 0 spiro atoms. The van der Waals surface area contributed by atoms with Crippen LogP contribution < -0.4 is 4.48 Å². The van der Waals surface area contributed by atoms with E-state index in [4.69, 9.17) is 0 Å². The summed E-state index contributed by atoms with van der Waals surface area (Å²) in [7, 11) is 1.33. The third-order valence-corrected chi connectivity index (χ3v) is 4.90. The number of hydrogen-bond acceptors (Lipinski definition) is 2. The van der Waals surface area contributed by atoms with Gasteiger partial charge in [-0.25, -0.2) is 18.5 Å². The number of benzene rings is 2. The standard InChI is InChI=1S/C20H15F4NO3/c1-11-15-7-6-13(20(22,23)24)9-16(15)25(2,18(26)17(11)19(27)28)10-12-4-3-5-14(21)8-12/h3-9H,10H2,1-2H3/p+1. The molecular weight excluding hydrogens is 378 g/mol. The van der Waals surface area contributed by atoms with Crippen LogP contribution in [0.5, 0.6) is 0 Å². The fourth-order valence-corrected chi connectivity index (χ4v) is 3.49. The molecule has 1 amide bonds. The van der Waals surface area contributed by atoms with Crippen LogP contribution in [-0.4, -0.2) is 24.0 Å². The predicted octanol–water partition coefficient (Wildman–Crippen LogP) is 4.38. The van der Waals surface area contributed by atoms with Gasteiger partial charge in [0.15, 0.2) is 5.57 Å². The smallest absolute Gasteiger partial charge is 0.416 e. The third kappa shape index (κ3) is 3.20. The van der Waals surface area contributed by atoms with Crippen molar-refractivity contribution in [2.45, 2.75) is 19.6 Å². The fraction of sp³-hybridized carbons (Fsp3) is 0.200. The first-order valence-corrected chi connectivity index (χ1v) is 8.26. The van der Waals surface area contributed by atoms with Gasteiger partial charge >= 0.3 is 18.1 Å². The molecular formula is C20H16F4NO3+. The van der Waals surface area contributed by atoms with Crippen LogP contribution in [0.2, 0.25) is 0 Å². The summed E-state index contributed by atoms with van der Waals surface area (Å²) in [5.74, 6) is -2.89. The molecule has 0 saturated heterocycles. The van der Waals surface area contributed by atoms with E-state index in [9.17, 15) is 32.3 Å². The molecule has 0 aliphatic carbocycles. The van der Waals surface area contributed by atoms with Gasteiger partial charge in [0.05, 0.1) is 12.6 Å². The molecule has 8 heteroatoms. The van der Waals surface area contributed by atoms with Gasteiger partial charge in [0.25, 0.3) is 0 Å². The number of carboxylic acid groups (broad SMARTS) is 1. The Morgan fingerprint density at radius 3 is 2.39 bits per heavy atom. The Hall–Kier alpha value is -3.00. The molecule has 1 unspecified atom stereocenters. The van der Waals surface area contributed by atoms with Crippen LogP contribution in [0.1, 0.15) is 23.6 Å². The number of fused-ring (bicyclic) bond motifs is 1. The lowest BCUT2D eigenvalue weighted by Crippen LogP contribution is -2.54. The lowest BCUT2D eigenvalue weighted by molar-refractivity contribution is -0.139. The molecule has 0 radical (unpaired) electrons. The van der Waals surface area contributed by atoms with E-state index in [0.717, 1.165) is 18.2 Å². The van der Waals surface area contributed by atoms with Crippen molar-refractivity contribution in [3.8, 4) is 0 Å². The van der Waals surface area contributed by atoms with E-state index in [1.54, 1.807) is 0 Å². The number of alkyl halides is 3. The number of likely N-dealkylation sites (N-methyl/N-ethyl adjacent to an activating group) is 1. The summed E-state index contributed by atoms with van der Waals surface area (Å²) in [6.45, 7) is 1.19. The molecule has 0 bridgehead atoms. The number of nitrogens with zero attached hydrogens (tertiary/aromatic N) is 1. The number of allylic oxidation sites excluding steroid dienone is 1. The Bertz CT molecular complexity index is 1030. The Labute approximate surface area is 157 Å². The van der Waals surface area contributed by atoms with Crippen molar-refractivity contribution in [2.24, 2.45) is 0 Å². The van der Waals surface area contributed by atoms with Gasteiger partial charge in [-0.1, -0.05) is 12.1 Å². The largest absolute Gasteiger partial charge is 0.477 e. The number of rotatable bonds is 3. The zero-order chi connectivity index (χ0) is 20.9. The van der Waals surface area contributed by atoms with Crippen molar-refractivity contribution in [3.05, 3.63) is 70.5 Å². The van der Waals surface area contributed by atoms with E-state index in [0.29, 0.717) is 5.56 Å². The highest BCUT2D eigenvalue weighted by molar-refractivity contribution is 6.26. The average Bonchev–Trinajstić information content (AvgIpc) is 2.59. The molecule has 3 rings (SSSR count). The molecule has 2 aromatic rings. The zero-order valence-corrected chi connectivity index (χ0v) is 15.0. The minimum absolute atomic E-state index is 0.0200. The van der Waals surface area contributed by atoms with E-state index < -0.39 is 39.5 Å². The molecule has 4 nitrogen and oxygen atoms in total. The van der Waals surface area contributed by atoms with Crippen LogP contribution in [0.25, 0.3) is 5.57 Å². The SMILES string of the molecule is CC1=C(C(=O)O)C(=O)[N+](C)(Cc2cccc(F)c2)c2cc(C(F)(F)F)ccc21. The first-order valence-electron chi connectivity index (χ1n) is 8.26. The molecule has 0 aromatic heterocycles. The van der Waals surface area contributed by atoms with Gasteiger partial charge in [-0.2, -0.15) is 13.2 Å². The van der Waals surface area contributed by atoms with Gasteiger partial charge in [0.2, 0.25) is 0 Å². The molecule has 0 saturated carbocycles. The van der Waals surface area contributed by atoms with Crippen molar-refractivity contribution >= 4 is 23.1 Å². The van der Waals surface area contributed by atoms with Crippen LogP contribution >= 0.6 is 0 Å². The lowest BCUT2D eigenvalue weighted by atomic mass is 9.90. The highest BCUT2D eigenvalue weighted by Gasteiger charge is 2.47. The first-order chi connectivity index (χ1) is 12.9. The number of carboxylic acids is 1. The Balaban J connectivity index is 2.27. The zero-order valence-electron chi connectivity index (χ0n) is 15.0. The highest BCUT2D eigenvalue weighted by Crippen LogP contribution is 2.43. The Kier molecular flexibility index (Phi) is 4.63. The molecule has 1 atom stereocenters. The fourth-order valence-electron chi connectivity index (χ4n) is 3.49. The second-order valence-corrected chi connectivity index (χ2v) is 6.82. The topological polar surface area (TPSA) is 54.4 Å². The second kappa shape index (κ2) is 6.56. The van der Waals surface area contributed by atoms with Crippen LogP contribution in [-0.2, 0) is 22.3 Å². The number of quaternary nitrogens is 1. The molecule has 0 fully saturated rings. The molecule has 2 aromatic carbocycles. The Morgan fingerprint density at radius 1 is 1.14 bits per heavy atom. The molecule has 1 aliphatic heterocycles.